The number of rotatable bonds is 2. The minimum absolute atomic E-state index is 0.153. The average Bonchev–Trinajstić information content (AvgIpc) is 2.46. The van der Waals surface area contributed by atoms with Gasteiger partial charge in [-0.1, -0.05) is 26.0 Å². The van der Waals surface area contributed by atoms with Crippen LogP contribution in [-0.2, 0) is 5.41 Å². The molecule has 17 heavy (non-hydrogen) atoms. The van der Waals surface area contributed by atoms with Crippen molar-refractivity contribution >= 4 is 5.69 Å². The van der Waals surface area contributed by atoms with Crippen molar-refractivity contribution in [2.24, 2.45) is 0 Å². The maximum absolute atomic E-state index is 9.26. The first-order valence-corrected chi connectivity index (χ1v) is 6.39. The van der Waals surface area contributed by atoms with Crippen molar-refractivity contribution in [3.05, 3.63) is 28.8 Å². The highest BCUT2D eigenvalue weighted by Crippen LogP contribution is 2.47. The van der Waals surface area contributed by atoms with Gasteiger partial charge in [0.05, 0.1) is 6.61 Å². The first-order valence-electron chi connectivity index (χ1n) is 6.39. The topological polar surface area (TPSA) is 23.5 Å². The highest BCUT2D eigenvalue weighted by atomic mass is 16.3. The molecule has 1 aromatic carbocycles. The van der Waals surface area contributed by atoms with Crippen molar-refractivity contribution in [1.82, 2.24) is 0 Å². The molecule has 1 aliphatic rings. The van der Waals surface area contributed by atoms with Crippen molar-refractivity contribution < 1.29 is 5.11 Å². The second-order valence-corrected chi connectivity index (χ2v) is 5.74. The van der Waals surface area contributed by atoms with Gasteiger partial charge in [0.15, 0.2) is 0 Å². The van der Waals surface area contributed by atoms with Gasteiger partial charge >= 0.3 is 0 Å². The Bertz CT molecular complexity index is 437. The van der Waals surface area contributed by atoms with E-state index in [1.807, 2.05) is 0 Å². The molecule has 2 rings (SSSR count). The van der Waals surface area contributed by atoms with Crippen molar-refractivity contribution in [2.45, 2.75) is 46.1 Å². The molecular formula is C15H23NO. The van der Waals surface area contributed by atoms with Crippen LogP contribution < -0.4 is 4.90 Å². The van der Waals surface area contributed by atoms with Crippen LogP contribution in [0.5, 0.6) is 0 Å². The molecule has 0 radical (unpaired) electrons. The predicted molar refractivity (Wildman–Crippen MR) is 72.8 cm³/mol. The number of aliphatic hydroxyl groups is 1. The molecule has 0 saturated carbocycles. The molecule has 94 valence electrons. The molecule has 1 aromatic rings. The number of aliphatic hydroxyl groups excluding tert-OH is 1. The molecule has 1 unspecified atom stereocenters. The third-order valence-electron chi connectivity index (χ3n) is 4.37. The number of aryl methyl sites for hydroxylation is 2. The fourth-order valence-corrected chi connectivity index (χ4v) is 3.18. The Morgan fingerprint density at radius 2 is 1.82 bits per heavy atom. The van der Waals surface area contributed by atoms with Crippen LogP contribution in [-0.4, -0.2) is 24.3 Å². The second kappa shape index (κ2) is 4.02. The number of benzene rings is 1. The summed E-state index contributed by atoms with van der Waals surface area (Å²) < 4.78 is 0. The summed E-state index contributed by atoms with van der Waals surface area (Å²) in [6, 6.07) is 4.84. The lowest BCUT2D eigenvalue weighted by Gasteiger charge is -2.31. The number of anilines is 1. The van der Waals surface area contributed by atoms with Gasteiger partial charge in [-0.25, -0.2) is 0 Å². The number of fused-ring (bicyclic) bond motifs is 1. The van der Waals surface area contributed by atoms with Crippen molar-refractivity contribution in [3.8, 4) is 0 Å². The molecule has 0 bridgehead atoms. The molecular weight excluding hydrogens is 210 g/mol. The minimum atomic E-state index is 0.153. The summed E-state index contributed by atoms with van der Waals surface area (Å²) >= 11 is 0. The fourth-order valence-electron chi connectivity index (χ4n) is 3.18. The molecule has 2 heteroatoms. The van der Waals surface area contributed by atoms with Crippen molar-refractivity contribution in [1.29, 1.82) is 0 Å². The van der Waals surface area contributed by atoms with Crippen LogP contribution in [0.3, 0.4) is 0 Å². The summed E-state index contributed by atoms with van der Waals surface area (Å²) in [5.41, 5.74) is 5.63. The van der Waals surface area contributed by atoms with E-state index in [-0.39, 0.29) is 12.0 Å². The van der Waals surface area contributed by atoms with Crippen LogP contribution in [0.15, 0.2) is 12.1 Å². The second-order valence-electron chi connectivity index (χ2n) is 5.74. The SMILES string of the molecule is Cc1ccc(C)c2c1N(CCO)C(C)C2(C)C. The summed E-state index contributed by atoms with van der Waals surface area (Å²) in [4.78, 5) is 2.36. The van der Waals surface area contributed by atoms with Gasteiger partial charge in [-0.2, -0.15) is 0 Å². The van der Waals surface area contributed by atoms with Crippen LogP contribution in [0.1, 0.15) is 37.5 Å². The average molecular weight is 233 g/mol. The number of nitrogens with zero attached hydrogens (tertiary/aromatic N) is 1. The van der Waals surface area contributed by atoms with Crippen LogP contribution in [0.2, 0.25) is 0 Å². The van der Waals surface area contributed by atoms with E-state index in [9.17, 15) is 5.11 Å². The Balaban J connectivity index is 2.65. The zero-order valence-electron chi connectivity index (χ0n) is 11.5. The summed E-state index contributed by atoms with van der Waals surface area (Å²) in [6.45, 7) is 12.2. The van der Waals surface area contributed by atoms with E-state index in [0.29, 0.717) is 6.04 Å². The molecule has 0 aromatic heterocycles. The van der Waals surface area contributed by atoms with Crippen molar-refractivity contribution in [3.63, 3.8) is 0 Å². The molecule has 0 fully saturated rings. The van der Waals surface area contributed by atoms with Gasteiger partial charge in [0.2, 0.25) is 0 Å². The van der Waals surface area contributed by atoms with Crippen LogP contribution in [0.25, 0.3) is 0 Å². The lowest BCUT2D eigenvalue weighted by atomic mass is 9.79. The number of hydrogen-bond acceptors (Lipinski definition) is 2. The smallest absolute Gasteiger partial charge is 0.0606 e. The Kier molecular flexibility index (Phi) is 2.94. The van der Waals surface area contributed by atoms with E-state index < -0.39 is 0 Å². The predicted octanol–water partition coefficient (Wildman–Crippen LogP) is 2.78. The zero-order chi connectivity index (χ0) is 12.8. The van der Waals surface area contributed by atoms with E-state index in [1.165, 1.54) is 22.4 Å². The summed E-state index contributed by atoms with van der Waals surface area (Å²) in [5, 5.41) is 9.26. The maximum atomic E-state index is 9.26. The zero-order valence-corrected chi connectivity index (χ0v) is 11.5. The third-order valence-corrected chi connectivity index (χ3v) is 4.37. The normalized spacial score (nSPS) is 21.8. The molecule has 0 spiro atoms. The fraction of sp³-hybridized carbons (Fsp3) is 0.600. The molecule has 2 nitrogen and oxygen atoms in total. The van der Waals surface area contributed by atoms with E-state index >= 15 is 0 Å². The molecule has 1 atom stereocenters. The van der Waals surface area contributed by atoms with Gasteiger partial charge in [-0.15, -0.1) is 0 Å². The van der Waals surface area contributed by atoms with Gasteiger partial charge in [-0.3, -0.25) is 0 Å². The van der Waals surface area contributed by atoms with Crippen LogP contribution >= 0.6 is 0 Å². The van der Waals surface area contributed by atoms with Crippen LogP contribution in [0.4, 0.5) is 5.69 Å². The molecule has 0 aliphatic carbocycles. The molecule has 0 amide bonds. The minimum Gasteiger partial charge on any atom is -0.395 e. The Hall–Kier alpha value is -1.02. The third kappa shape index (κ3) is 1.66. The maximum Gasteiger partial charge on any atom is 0.0606 e. The van der Waals surface area contributed by atoms with Crippen LogP contribution in [0, 0.1) is 13.8 Å². The van der Waals surface area contributed by atoms with Gasteiger partial charge in [-0.05, 0) is 37.5 Å². The van der Waals surface area contributed by atoms with E-state index in [0.717, 1.165) is 6.54 Å². The standard InChI is InChI=1S/C15H23NO/c1-10-6-7-11(2)14-13(10)15(4,5)12(3)16(14)8-9-17/h6-7,12,17H,8-9H2,1-5H3. The lowest BCUT2D eigenvalue weighted by molar-refractivity contribution is 0.293. The van der Waals surface area contributed by atoms with E-state index in [1.54, 1.807) is 0 Å². The highest BCUT2D eigenvalue weighted by Gasteiger charge is 2.43. The van der Waals surface area contributed by atoms with Gasteiger partial charge in [0, 0.05) is 23.7 Å². The monoisotopic (exact) mass is 233 g/mol. The molecule has 1 heterocycles. The molecule has 0 saturated heterocycles. The Morgan fingerprint density at radius 1 is 1.24 bits per heavy atom. The van der Waals surface area contributed by atoms with Gasteiger partial charge < -0.3 is 10.0 Å². The Labute approximate surface area is 104 Å². The summed E-state index contributed by atoms with van der Waals surface area (Å²) in [6.07, 6.45) is 0. The lowest BCUT2D eigenvalue weighted by Crippen LogP contribution is -2.40. The first kappa shape index (κ1) is 12.4. The highest BCUT2D eigenvalue weighted by molar-refractivity contribution is 5.70. The number of hydrogen-bond donors (Lipinski definition) is 1. The van der Waals surface area contributed by atoms with E-state index in [4.69, 9.17) is 0 Å². The van der Waals surface area contributed by atoms with Gasteiger partial charge in [0.1, 0.15) is 0 Å². The molecule has 1 aliphatic heterocycles. The quantitative estimate of drug-likeness (QED) is 0.849. The first-order chi connectivity index (χ1) is 7.91. The number of β-amino-alcohol motifs (C(OH)–C–C–N with tert-alkyl or cyclic N) is 1. The summed E-state index contributed by atoms with van der Waals surface area (Å²) in [7, 11) is 0. The van der Waals surface area contributed by atoms with Crippen molar-refractivity contribution in [2.75, 3.05) is 18.1 Å². The Morgan fingerprint density at radius 3 is 2.41 bits per heavy atom. The molecule has 1 N–H and O–H groups in total. The van der Waals surface area contributed by atoms with E-state index in [2.05, 4.69) is 51.7 Å². The largest absolute Gasteiger partial charge is 0.395 e. The van der Waals surface area contributed by atoms with Gasteiger partial charge in [0.25, 0.3) is 0 Å². The summed E-state index contributed by atoms with van der Waals surface area (Å²) in [5.74, 6) is 0.